The number of unbranched alkanes of at least 4 members (excludes halogenated alkanes) is 16. The summed E-state index contributed by atoms with van der Waals surface area (Å²) in [4.78, 5) is 0. The number of hydrogen-bond acceptors (Lipinski definition) is 3. The first-order chi connectivity index (χ1) is 15.7. The summed E-state index contributed by atoms with van der Waals surface area (Å²) >= 11 is 0. The molecule has 0 saturated carbocycles. The molecule has 0 amide bonds. The summed E-state index contributed by atoms with van der Waals surface area (Å²) in [6, 6.07) is 0. The summed E-state index contributed by atoms with van der Waals surface area (Å²) in [5.74, 6) is 0.578. The van der Waals surface area contributed by atoms with Crippen molar-refractivity contribution >= 4 is 0 Å². The lowest BCUT2D eigenvalue weighted by molar-refractivity contribution is 0.204. The van der Waals surface area contributed by atoms with Gasteiger partial charge in [0.15, 0.2) is 0 Å². The van der Waals surface area contributed by atoms with E-state index in [9.17, 15) is 5.11 Å². The molecule has 0 aromatic heterocycles. The highest BCUT2D eigenvalue weighted by Crippen LogP contribution is 2.19. The fourth-order valence-corrected chi connectivity index (χ4v) is 3.91. The Kier molecular flexibility index (Phi) is 27.0. The standard InChI is InChI=1S/C24H50O.C3H6O.C2H4O/c1-3-5-7-9-11-13-14-16-18-20-22-24(23-25)21-19-17-15-12-10-8-6-4-2;1-3-2-4-3;1-2-3-1/h24-25H,3-23H2,1-2H3;3H,2H2,1H3;1-2H2. The molecule has 0 spiro atoms. The Morgan fingerprint density at radius 3 is 1.12 bits per heavy atom. The van der Waals surface area contributed by atoms with E-state index < -0.39 is 0 Å². The molecule has 0 radical (unpaired) electrons. The SMILES string of the molecule is C1CO1.CC1CO1.CCCCCCCCCCCCC(CO)CCCCCCCCCC. The molecule has 2 atom stereocenters. The van der Waals surface area contributed by atoms with E-state index in [4.69, 9.17) is 4.74 Å². The second-order valence-corrected chi connectivity index (χ2v) is 10.0. The van der Waals surface area contributed by atoms with Crippen LogP contribution in [0.25, 0.3) is 0 Å². The van der Waals surface area contributed by atoms with Crippen LogP contribution in [0.3, 0.4) is 0 Å². The number of rotatable bonds is 21. The van der Waals surface area contributed by atoms with Crippen molar-refractivity contribution in [3.05, 3.63) is 0 Å². The summed E-state index contributed by atoms with van der Waals surface area (Å²) in [5, 5.41) is 9.57. The fourth-order valence-electron chi connectivity index (χ4n) is 3.91. The van der Waals surface area contributed by atoms with Crippen LogP contribution in [0.5, 0.6) is 0 Å². The Bertz CT molecular complexity index is 326. The van der Waals surface area contributed by atoms with Gasteiger partial charge >= 0.3 is 0 Å². The van der Waals surface area contributed by atoms with Crippen molar-refractivity contribution < 1.29 is 14.6 Å². The molecular formula is C29H60O3. The molecule has 2 unspecified atom stereocenters. The van der Waals surface area contributed by atoms with Crippen molar-refractivity contribution in [1.82, 2.24) is 0 Å². The predicted molar refractivity (Wildman–Crippen MR) is 140 cm³/mol. The summed E-state index contributed by atoms with van der Waals surface area (Å²) in [6.45, 7) is 10.0. The minimum absolute atomic E-state index is 0.411. The van der Waals surface area contributed by atoms with Gasteiger partial charge in [0.05, 0.1) is 25.9 Å². The molecular weight excluding hydrogens is 396 g/mol. The van der Waals surface area contributed by atoms with E-state index in [0.29, 0.717) is 18.6 Å². The van der Waals surface area contributed by atoms with Crippen LogP contribution in [0.2, 0.25) is 0 Å². The van der Waals surface area contributed by atoms with Gasteiger partial charge in [0, 0.05) is 6.61 Å². The molecule has 3 heteroatoms. The molecule has 1 N–H and O–H groups in total. The van der Waals surface area contributed by atoms with Crippen LogP contribution in [-0.2, 0) is 9.47 Å². The van der Waals surface area contributed by atoms with Crippen molar-refractivity contribution in [1.29, 1.82) is 0 Å². The third-order valence-corrected chi connectivity index (χ3v) is 6.39. The zero-order chi connectivity index (χ0) is 23.5. The lowest BCUT2D eigenvalue weighted by Crippen LogP contribution is -2.06. The Hall–Kier alpha value is -0.120. The molecule has 32 heavy (non-hydrogen) atoms. The van der Waals surface area contributed by atoms with Gasteiger partial charge in [-0.1, -0.05) is 129 Å². The van der Waals surface area contributed by atoms with E-state index in [2.05, 4.69) is 25.5 Å². The van der Waals surface area contributed by atoms with Crippen LogP contribution < -0.4 is 0 Å². The normalized spacial score (nSPS) is 17.1. The van der Waals surface area contributed by atoms with E-state index in [1.54, 1.807) is 0 Å². The minimum atomic E-state index is 0.411. The molecule has 0 aliphatic carbocycles. The van der Waals surface area contributed by atoms with Gasteiger partial charge in [-0.05, 0) is 25.7 Å². The average molecular weight is 457 g/mol. The van der Waals surface area contributed by atoms with Gasteiger partial charge in [0.2, 0.25) is 0 Å². The molecule has 2 rings (SSSR count). The van der Waals surface area contributed by atoms with Gasteiger partial charge in [0.25, 0.3) is 0 Å². The lowest BCUT2D eigenvalue weighted by Gasteiger charge is -2.13. The monoisotopic (exact) mass is 456 g/mol. The van der Waals surface area contributed by atoms with Crippen molar-refractivity contribution in [2.45, 2.75) is 155 Å². The summed E-state index contributed by atoms with van der Waals surface area (Å²) < 4.78 is 9.21. The van der Waals surface area contributed by atoms with E-state index in [1.165, 1.54) is 128 Å². The fraction of sp³-hybridized carbons (Fsp3) is 1.00. The highest BCUT2D eigenvalue weighted by molar-refractivity contribution is 4.60. The van der Waals surface area contributed by atoms with Crippen molar-refractivity contribution in [3.63, 3.8) is 0 Å². The van der Waals surface area contributed by atoms with E-state index in [-0.39, 0.29) is 0 Å². The molecule has 3 nitrogen and oxygen atoms in total. The van der Waals surface area contributed by atoms with Crippen LogP contribution >= 0.6 is 0 Å². The average Bonchev–Trinajstić information content (AvgIpc) is 3.71. The molecule has 0 aromatic carbocycles. The van der Waals surface area contributed by atoms with Gasteiger partial charge in [-0.2, -0.15) is 0 Å². The van der Waals surface area contributed by atoms with Crippen molar-refractivity contribution in [3.8, 4) is 0 Å². The molecule has 0 bridgehead atoms. The van der Waals surface area contributed by atoms with Crippen LogP contribution in [0.1, 0.15) is 149 Å². The summed E-state index contributed by atoms with van der Waals surface area (Å²) in [5.41, 5.74) is 0. The lowest BCUT2D eigenvalue weighted by atomic mass is 9.94. The van der Waals surface area contributed by atoms with Crippen molar-refractivity contribution in [2.24, 2.45) is 5.92 Å². The maximum absolute atomic E-state index is 9.57. The van der Waals surface area contributed by atoms with E-state index in [0.717, 1.165) is 19.8 Å². The van der Waals surface area contributed by atoms with Gasteiger partial charge in [-0.25, -0.2) is 0 Å². The molecule has 2 fully saturated rings. The van der Waals surface area contributed by atoms with Crippen LogP contribution in [0, 0.1) is 5.92 Å². The van der Waals surface area contributed by atoms with Gasteiger partial charge in [-0.15, -0.1) is 0 Å². The zero-order valence-electron chi connectivity index (χ0n) is 22.4. The van der Waals surface area contributed by atoms with Gasteiger partial charge < -0.3 is 14.6 Å². The smallest absolute Gasteiger partial charge is 0.0781 e. The number of aliphatic hydroxyl groups excluding tert-OH is 1. The third-order valence-electron chi connectivity index (χ3n) is 6.39. The van der Waals surface area contributed by atoms with Gasteiger partial charge in [0.1, 0.15) is 0 Å². The van der Waals surface area contributed by atoms with Crippen LogP contribution in [0.4, 0.5) is 0 Å². The zero-order valence-corrected chi connectivity index (χ0v) is 22.4. The van der Waals surface area contributed by atoms with E-state index >= 15 is 0 Å². The minimum Gasteiger partial charge on any atom is -0.396 e. The topological polar surface area (TPSA) is 45.3 Å². The Balaban J connectivity index is 0.00000114. The van der Waals surface area contributed by atoms with E-state index in [1.807, 2.05) is 0 Å². The first kappa shape index (κ1) is 31.9. The number of ether oxygens (including phenoxy) is 2. The van der Waals surface area contributed by atoms with Crippen molar-refractivity contribution in [2.75, 3.05) is 26.4 Å². The Labute approximate surface area is 202 Å². The summed E-state index contributed by atoms with van der Waals surface area (Å²) in [7, 11) is 0. The second-order valence-electron chi connectivity index (χ2n) is 10.0. The predicted octanol–water partition coefficient (Wildman–Crippen LogP) is 8.86. The Morgan fingerprint density at radius 1 is 0.625 bits per heavy atom. The largest absolute Gasteiger partial charge is 0.396 e. The Morgan fingerprint density at radius 2 is 0.906 bits per heavy atom. The highest BCUT2D eigenvalue weighted by atomic mass is 16.6. The molecule has 194 valence electrons. The molecule has 2 aliphatic heterocycles. The molecule has 2 saturated heterocycles. The van der Waals surface area contributed by atoms with Crippen LogP contribution in [0.15, 0.2) is 0 Å². The highest BCUT2D eigenvalue weighted by Gasteiger charge is 2.13. The quantitative estimate of drug-likeness (QED) is 0.138. The molecule has 2 heterocycles. The maximum atomic E-state index is 9.57. The first-order valence-corrected chi connectivity index (χ1v) is 14.5. The third kappa shape index (κ3) is 32.1. The second kappa shape index (κ2) is 27.1. The number of epoxide rings is 2. The molecule has 0 aromatic rings. The number of aliphatic hydroxyl groups is 1. The molecule has 2 aliphatic rings. The summed E-state index contributed by atoms with van der Waals surface area (Å²) in [6.07, 6.45) is 28.3. The van der Waals surface area contributed by atoms with Crippen LogP contribution in [-0.4, -0.2) is 37.6 Å². The number of hydrogen-bond donors (Lipinski definition) is 1. The first-order valence-electron chi connectivity index (χ1n) is 14.5. The maximum Gasteiger partial charge on any atom is 0.0781 e. The van der Waals surface area contributed by atoms with Gasteiger partial charge in [-0.3, -0.25) is 0 Å².